The Morgan fingerprint density at radius 3 is 2.72 bits per heavy atom. The van der Waals surface area contributed by atoms with Crippen molar-refractivity contribution >= 4 is 23.4 Å². The molecule has 130 valence electrons. The molecule has 4 nitrogen and oxygen atoms in total. The number of carbonyl (C=O) groups is 2. The molecule has 2 aromatic carbocycles. The third-order valence-corrected chi connectivity index (χ3v) is 4.16. The quantitative estimate of drug-likeness (QED) is 0.906. The first kappa shape index (κ1) is 17.4. The van der Waals surface area contributed by atoms with Gasteiger partial charge in [0.1, 0.15) is 11.6 Å². The minimum atomic E-state index is -0.604. The summed E-state index contributed by atoms with van der Waals surface area (Å²) in [5.74, 6) is -1.59. The van der Waals surface area contributed by atoms with Gasteiger partial charge in [-0.1, -0.05) is 23.7 Å². The van der Waals surface area contributed by atoms with E-state index in [2.05, 4.69) is 5.32 Å². The van der Waals surface area contributed by atoms with Crippen LogP contribution in [0.25, 0.3) is 0 Å². The lowest BCUT2D eigenvalue weighted by Crippen LogP contribution is -2.37. The molecule has 0 spiro atoms. The molecule has 1 heterocycles. The van der Waals surface area contributed by atoms with Crippen LogP contribution in [0.15, 0.2) is 42.5 Å². The third-order valence-electron chi connectivity index (χ3n) is 3.94. The first-order valence-electron chi connectivity index (χ1n) is 7.70. The number of rotatable bonds is 4. The van der Waals surface area contributed by atoms with Crippen molar-refractivity contribution in [3.05, 3.63) is 70.2 Å². The van der Waals surface area contributed by atoms with Gasteiger partial charge in [0.25, 0.3) is 5.91 Å². The van der Waals surface area contributed by atoms with Gasteiger partial charge in [0.15, 0.2) is 0 Å². The van der Waals surface area contributed by atoms with E-state index in [1.54, 1.807) is 17.0 Å². The summed E-state index contributed by atoms with van der Waals surface area (Å²) in [6.07, 6.45) is 0.143. The number of hydrogen-bond acceptors (Lipinski definition) is 2. The van der Waals surface area contributed by atoms with E-state index >= 15 is 0 Å². The van der Waals surface area contributed by atoms with E-state index in [1.807, 2.05) is 0 Å². The first-order valence-corrected chi connectivity index (χ1v) is 8.07. The van der Waals surface area contributed by atoms with Crippen LogP contribution in [-0.4, -0.2) is 29.3 Å². The number of nitrogens with zero attached hydrogens (tertiary/aromatic N) is 1. The van der Waals surface area contributed by atoms with E-state index in [0.29, 0.717) is 12.1 Å². The molecule has 1 aliphatic heterocycles. The molecule has 25 heavy (non-hydrogen) atoms. The molecule has 1 atom stereocenters. The summed E-state index contributed by atoms with van der Waals surface area (Å²) < 4.78 is 26.6. The lowest BCUT2D eigenvalue weighted by Gasteiger charge is -2.17. The maximum absolute atomic E-state index is 13.3. The van der Waals surface area contributed by atoms with E-state index in [-0.39, 0.29) is 35.3 Å². The molecule has 0 bridgehead atoms. The monoisotopic (exact) mass is 364 g/mol. The largest absolute Gasteiger partial charge is 0.347 e. The van der Waals surface area contributed by atoms with Crippen LogP contribution in [0.2, 0.25) is 5.02 Å². The van der Waals surface area contributed by atoms with Gasteiger partial charge in [-0.3, -0.25) is 9.59 Å². The van der Waals surface area contributed by atoms with Crippen LogP contribution < -0.4 is 5.32 Å². The molecule has 0 aliphatic carbocycles. The molecule has 2 amide bonds. The molecule has 1 fully saturated rings. The summed E-state index contributed by atoms with van der Waals surface area (Å²) >= 11 is 5.75. The second kappa shape index (κ2) is 7.19. The Bertz CT molecular complexity index is 808. The number of benzene rings is 2. The summed E-state index contributed by atoms with van der Waals surface area (Å²) in [5.41, 5.74) is 0.776. The van der Waals surface area contributed by atoms with Gasteiger partial charge in [0, 0.05) is 30.1 Å². The van der Waals surface area contributed by atoms with Gasteiger partial charge in [-0.25, -0.2) is 8.78 Å². The van der Waals surface area contributed by atoms with E-state index in [0.717, 1.165) is 12.1 Å². The Kier molecular flexibility index (Phi) is 4.99. The highest BCUT2D eigenvalue weighted by Crippen LogP contribution is 2.18. The average molecular weight is 365 g/mol. The van der Waals surface area contributed by atoms with Gasteiger partial charge in [-0.05, 0) is 35.9 Å². The van der Waals surface area contributed by atoms with E-state index in [4.69, 9.17) is 11.6 Å². The molecule has 0 radical (unpaired) electrons. The minimum absolute atomic E-state index is 0.0982. The maximum Gasteiger partial charge on any atom is 0.251 e. The fraction of sp³-hybridized carbons (Fsp3) is 0.222. The number of nitrogens with one attached hydrogen (secondary N) is 1. The Morgan fingerprint density at radius 2 is 2.00 bits per heavy atom. The predicted octanol–water partition coefficient (Wildman–Crippen LogP) is 3.15. The minimum Gasteiger partial charge on any atom is -0.347 e. The number of halogens is 3. The van der Waals surface area contributed by atoms with Gasteiger partial charge in [0.05, 0.1) is 6.04 Å². The molecule has 2 aromatic rings. The zero-order valence-electron chi connectivity index (χ0n) is 13.1. The van der Waals surface area contributed by atoms with Gasteiger partial charge in [0.2, 0.25) is 5.91 Å². The number of carbonyl (C=O) groups excluding carboxylic acids is 2. The van der Waals surface area contributed by atoms with Crippen LogP contribution in [0.1, 0.15) is 22.3 Å². The highest BCUT2D eigenvalue weighted by Gasteiger charge is 2.30. The maximum atomic E-state index is 13.3. The molecule has 0 unspecified atom stereocenters. The van der Waals surface area contributed by atoms with Crippen molar-refractivity contribution in [3.8, 4) is 0 Å². The highest BCUT2D eigenvalue weighted by molar-refractivity contribution is 6.31. The second-order valence-corrected chi connectivity index (χ2v) is 6.37. The second-order valence-electron chi connectivity index (χ2n) is 5.94. The van der Waals surface area contributed by atoms with E-state index in [1.165, 1.54) is 18.2 Å². The van der Waals surface area contributed by atoms with Crippen molar-refractivity contribution in [1.82, 2.24) is 10.2 Å². The average Bonchev–Trinajstić information content (AvgIpc) is 2.86. The molecular formula is C18H15ClF2N2O2. The van der Waals surface area contributed by atoms with Crippen molar-refractivity contribution in [3.63, 3.8) is 0 Å². The standard InChI is InChI=1S/C18H15ClF2N2O2/c19-13-5-12(6-15(21)7-13)18(25)22-16-8-17(24)23(10-16)9-11-2-1-3-14(20)4-11/h1-7,16H,8-10H2,(H,22,25)/t16-/m0/s1. The fourth-order valence-electron chi connectivity index (χ4n) is 2.83. The molecule has 7 heteroatoms. The highest BCUT2D eigenvalue weighted by atomic mass is 35.5. The van der Waals surface area contributed by atoms with Crippen molar-refractivity contribution < 1.29 is 18.4 Å². The van der Waals surface area contributed by atoms with Crippen LogP contribution in [-0.2, 0) is 11.3 Å². The van der Waals surface area contributed by atoms with Crippen LogP contribution in [0.3, 0.4) is 0 Å². The topological polar surface area (TPSA) is 49.4 Å². The van der Waals surface area contributed by atoms with Crippen molar-refractivity contribution in [2.75, 3.05) is 6.54 Å². The summed E-state index contributed by atoms with van der Waals surface area (Å²) in [5, 5.41) is 2.83. The van der Waals surface area contributed by atoms with Crippen LogP contribution in [0.5, 0.6) is 0 Å². The van der Waals surface area contributed by atoms with E-state index < -0.39 is 17.8 Å². The Labute approximate surface area is 148 Å². The summed E-state index contributed by atoms with van der Waals surface area (Å²) in [4.78, 5) is 25.9. The number of hydrogen-bond donors (Lipinski definition) is 1. The lowest BCUT2D eigenvalue weighted by molar-refractivity contribution is -0.128. The van der Waals surface area contributed by atoms with Crippen molar-refractivity contribution in [1.29, 1.82) is 0 Å². The third kappa shape index (κ3) is 4.33. The zero-order chi connectivity index (χ0) is 18.0. The summed E-state index contributed by atoms with van der Waals surface area (Å²) in [6, 6.07) is 9.18. The van der Waals surface area contributed by atoms with Crippen molar-refractivity contribution in [2.24, 2.45) is 0 Å². The van der Waals surface area contributed by atoms with Crippen LogP contribution >= 0.6 is 11.6 Å². The van der Waals surface area contributed by atoms with Gasteiger partial charge >= 0.3 is 0 Å². The molecular weight excluding hydrogens is 350 g/mol. The van der Waals surface area contributed by atoms with Gasteiger partial charge < -0.3 is 10.2 Å². The van der Waals surface area contributed by atoms with Crippen LogP contribution in [0, 0.1) is 11.6 Å². The molecule has 1 aliphatic rings. The molecule has 1 saturated heterocycles. The normalized spacial score (nSPS) is 17.0. The molecule has 3 rings (SSSR count). The lowest BCUT2D eigenvalue weighted by atomic mass is 10.2. The first-order chi connectivity index (χ1) is 11.9. The molecule has 0 aromatic heterocycles. The number of amides is 2. The summed E-state index contributed by atoms with van der Waals surface area (Å²) in [6.45, 7) is 0.582. The SMILES string of the molecule is O=C(N[C@H]1CC(=O)N(Cc2cccc(F)c2)C1)c1cc(F)cc(Cl)c1. The molecule has 0 saturated carbocycles. The Morgan fingerprint density at radius 1 is 1.20 bits per heavy atom. The number of likely N-dealkylation sites (tertiary alicyclic amines) is 1. The summed E-state index contributed by atoms with van der Waals surface area (Å²) in [7, 11) is 0. The van der Waals surface area contributed by atoms with Crippen molar-refractivity contribution in [2.45, 2.75) is 19.0 Å². The van der Waals surface area contributed by atoms with Gasteiger partial charge in [-0.2, -0.15) is 0 Å². The Hall–Kier alpha value is -2.47. The van der Waals surface area contributed by atoms with E-state index in [9.17, 15) is 18.4 Å². The predicted molar refractivity (Wildman–Crippen MR) is 89.1 cm³/mol. The molecule has 1 N–H and O–H groups in total. The smallest absolute Gasteiger partial charge is 0.251 e. The zero-order valence-corrected chi connectivity index (χ0v) is 13.9. The fourth-order valence-corrected chi connectivity index (χ4v) is 3.05. The van der Waals surface area contributed by atoms with Crippen LogP contribution in [0.4, 0.5) is 8.78 Å². The Balaban J connectivity index is 1.63. The van der Waals surface area contributed by atoms with Gasteiger partial charge in [-0.15, -0.1) is 0 Å².